The van der Waals surface area contributed by atoms with Crippen molar-refractivity contribution in [2.75, 3.05) is 6.54 Å². The van der Waals surface area contributed by atoms with Gasteiger partial charge in [-0.3, -0.25) is 9.48 Å². The third-order valence-electron chi connectivity index (χ3n) is 6.21. The molecule has 29 heavy (non-hydrogen) atoms. The van der Waals surface area contributed by atoms with E-state index in [0.29, 0.717) is 11.6 Å². The number of hydrogen-bond acceptors (Lipinski definition) is 3. The summed E-state index contributed by atoms with van der Waals surface area (Å²) in [6.07, 6.45) is 6.50. The van der Waals surface area contributed by atoms with Gasteiger partial charge < -0.3 is 10.2 Å². The van der Waals surface area contributed by atoms with Crippen molar-refractivity contribution in [3.8, 4) is 0 Å². The van der Waals surface area contributed by atoms with Gasteiger partial charge in [-0.1, -0.05) is 13.3 Å². The van der Waals surface area contributed by atoms with Gasteiger partial charge in [-0.15, -0.1) is 0 Å². The summed E-state index contributed by atoms with van der Waals surface area (Å²) in [5, 5.41) is 8.60. The fraction of sp³-hybridized carbons (Fsp3) is 0.833. The van der Waals surface area contributed by atoms with Crippen LogP contribution in [0.4, 0.5) is 0 Å². The molecule has 1 saturated carbocycles. The summed E-state index contributed by atoms with van der Waals surface area (Å²) >= 11 is 0. The van der Waals surface area contributed by atoms with E-state index >= 15 is 0 Å². The Balaban J connectivity index is 1.92. The molecule has 164 valence electrons. The molecule has 0 spiro atoms. The molecule has 0 aromatic carbocycles. The van der Waals surface area contributed by atoms with Gasteiger partial charge in [0.15, 0.2) is 5.69 Å². The highest BCUT2D eigenvalue weighted by Gasteiger charge is 2.42. The van der Waals surface area contributed by atoms with E-state index in [-0.39, 0.29) is 28.6 Å². The van der Waals surface area contributed by atoms with E-state index in [9.17, 15) is 4.79 Å². The third-order valence-corrected chi connectivity index (χ3v) is 6.21. The first-order valence-corrected chi connectivity index (χ1v) is 11.5. The molecule has 2 heterocycles. The Bertz CT molecular complexity index is 721. The first-order valence-electron chi connectivity index (χ1n) is 11.5. The van der Waals surface area contributed by atoms with Crippen molar-refractivity contribution < 1.29 is 4.79 Å². The van der Waals surface area contributed by atoms with E-state index in [0.717, 1.165) is 32.2 Å². The van der Waals surface area contributed by atoms with Crippen LogP contribution in [0.1, 0.15) is 116 Å². The first kappa shape index (κ1) is 22.3. The number of amides is 1. The Morgan fingerprint density at radius 2 is 1.79 bits per heavy atom. The zero-order valence-electron chi connectivity index (χ0n) is 19.9. The van der Waals surface area contributed by atoms with Crippen LogP contribution in [0.5, 0.6) is 0 Å². The van der Waals surface area contributed by atoms with Gasteiger partial charge in [-0.25, -0.2) is 0 Å². The van der Waals surface area contributed by atoms with Crippen molar-refractivity contribution in [3.05, 3.63) is 17.5 Å². The average Bonchev–Trinajstić information content (AvgIpc) is 3.29. The Morgan fingerprint density at radius 3 is 2.28 bits per heavy atom. The van der Waals surface area contributed by atoms with E-state index in [2.05, 4.69) is 76.4 Å². The van der Waals surface area contributed by atoms with Crippen LogP contribution >= 0.6 is 0 Å². The van der Waals surface area contributed by atoms with Crippen molar-refractivity contribution >= 4 is 5.91 Å². The van der Waals surface area contributed by atoms with Gasteiger partial charge in [0.2, 0.25) is 0 Å². The van der Waals surface area contributed by atoms with E-state index in [1.807, 2.05) is 0 Å². The standard InChI is InChI=1S/C24H42N4O/c1-9-10-13-27(18-15-23(5,6)26-24(7,8)16-18)21(29)19-14-20(17-11-12-17)28(25-19)22(2,3)4/h14,17-18,26H,9-13,15-16H2,1-8H3. The summed E-state index contributed by atoms with van der Waals surface area (Å²) in [7, 11) is 0. The molecule has 1 aromatic rings. The van der Waals surface area contributed by atoms with Crippen LogP contribution in [0.25, 0.3) is 0 Å². The lowest BCUT2D eigenvalue weighted by atomic mass is 9.79. The molecule has 2 aliphatic rings. The van der Waals surface area contributed by atoms with Crippen molar-refractivity contribution in [3.63, 3.8) is 0 Å². The van der Waals surface area contributed by atoms with E-state index in [1.165, 1.54) is 18.5 Å². The normalized spacial score (nSPS) is 21.9. The van der Waals surface area contributed by atoms with Crippen molar-refractivity contribution in [1.29, 1.82) is 0 Å². The summed E-state index contributed by atoms with van der Waals surface area (Å²) in [5.74, 6) is 0.686. The number of carbonyl (C=O) groups is 1. The van der Waals surface area contributed by atoms with Crippen molar-refractivity contribution in [1.82, 2.24) is 20.0 Å². The number of nitrogens with zero attached hydrogens (tertiary/aromatic N) is 3. The minimum absolute atomic E-state index is 0.0150. The second kappa shape index (κ2) is 7.72. The monoisotopic (exact) mass is 402 g/mol. The Labute approximate surface area is 177 Å². The number of unbranched alkanes of at least 4 members (excludes halogenated alkanes) is 1. The highest BCUT2D eigenvalue weighted by Crippen LogP contribution is 2.42. The SMILES string of the molecule is CCCCN(C(=O)c1cc(C2CC2)n(C(C)(C)C)n1)C1CC(C)(C)NC(C)(C)C1. The lowest BCUT2D eigenvalue weighted by Gasteiger charge is -2.49. The summed E-state index contributed by atoms with van der Waals surface area (Å²) < 4.78 is 2.10. The third kappa shape index (κ3) is 5.22. The summed E-state index contributed by atoms with van der Waals surface area (Å²) in [5.41, 5.74) is 1.79. The number of aromatic nitrogens is 2. The summed E-state index contributed by atoms with van der Waals surface area (Å²) in [4.78, 5) is 15.9. The van der Waals surface area contributed by atoms with Crippen LogP contribution in [-0.2, 0) is 5.54 Å². The minimum Gasteiger partial charge on any atom is -0.334 e. The lowest BCUT2D eigenvalue weighted by molar-refractivity contribution is 0.0435. The zero-order chi connectivity index (χ0) is 21.6. The van der Waals surface area contributed by atoms with E-state index in [1.54, 1.807) is 0 Å². The second-order valence-electron chi connectivity index (χ2n) is 11.6. The molecule has 1 N–H and O–H groups in total. The number of rotatable bonds is 6. The number of hydrogen-bond donors (Lipinski definition) is 1. The molecule has 1 aliphatic heterocycles. The highest BCUT2D eigenvalue weighted by molar-refractivity contribution is 5.92. The van der Waals surface area contributed by atoms with E-state index < -0.39 is 0 Å². The molecule has 0 bridgehead atoms. The van der Waals surface area contributed by atoms with Gasteiger partial charge in [0.1, 0.15) is 0 Å². The predicted octanol–water partition coefficient (Wildman–Crippen LogP) is 5.07. The number of nitrogens with one attached hydrogen (secondary N) is 1. The fourth-order valence-electron chi connectivity index (χ4n) is 5.12. The van der Waals surface area contributed by atoms with Crippen molar-refractivity contribution in [2.24, 2.45) is 0 Å². The van der Waals surface area contributed by atoms with Gasteiger partial charge >= 0.3 is 0 Å². The summed E-state index contributed by atoms with van der Waals surface area (Å²) in [6, 6.07) is 2.33. The number of carbonyl (C=O) groups excluding carboxylic acids is 1. The molecule has 1 amide bonds. The molecule has 5 nitrogen and oxygen atoms in total. The fourth-order valence-corrected chi connectivity index (χ4v) is 5.12. The molecule has 3 rings (SSSR count). The molecule has 0 unspecified atom stereocenters. The molecule has 1 aliphatic carbocycles. The Kier molecular flexibility index (Phi) is 5.94. The molecular weight excluding hydrogens is 360 g/mol. The predicted molar refractivity (Wildman–Crippen MR) is 119 cm³/mol. The molecule has 1 saturated heterocycles. The Hall–Kier alpha value is -1.36. The molecule has 2 fully saturated rings. The lowest BCUT2D eigenvalue weighted by Crippen LogP contribution is -2.63. The maximum absolute atomic E-state index is 13.7. The van der Waals surface area contributed by atoms with Crippen LogP contribution < -0.4 is 5.32 Å². The topological polar surface area (TPSA) is 50.2 Å². The zero-order valence-corrected chi connectivity index (χ0v) is 19.9. The minimum atomic E-state index is -0.108. The number of piperidine rings is 1. The second-order valence-corrected chi connectivity index (χ2v) is 11.6. The molecule has 0 atom stereocenters. The maximum Gasteiger partial charge on any atom is 0.274 e. The van der Waals surface area contributed by atoms with E-state index in [4.69, 9.17) is 5.10 Å². The maximum atomic E-state index is 13.7. The molecule has 5 heteroatoms. The average molecular weight is 403 g/mol. The van der Waals surface area contributed by atoms with Gasteiger partial charge in [0, 0.05) is 35.3 Å². The summed E-state index contributed by atoms with van der Waals surface area (Å²) in [6.45, 7) is 18.5. The van der Waals surface area contributed by atoms with Crippen molar-refractivity contribution in [2.45, 2.75) is 122 Å². The largest absolute Gasteiger partial charge is 0.334 e. The van der Waals surface area contributed by atoms with Crippen LogP contribution in [0.3, 0.4) is 0 Å². The quantitative estimate of drug-likeness (QED) is 0.723. The highest BCUT2D eigenvalue weighted by atomic mass is 16.2. The molecule has 1 aromatic heterocycles. The van der Waals surface area contributed by atoms with Crippen LogP contribution in [0.15, 0.2) is 6.07 Å². The van der Waals surface area contributed by atoms with Crippen LogP contribution in [0.2, 0.25) is 0 Å². The Morgan fingerprint density at radius 1 is 1.21 bits per heavy atom. The van der Waals surface area contributed by atoms with Crippen LogP contribution in [0, 0.1) is 0 Å². The van der Waals surface area contributed by atoms with Gasteiger partial charge in [0.05, 0.1) is 5.54 Å². The molecular formula is C24H42N4O. The van der Waals surface area contributed by atoms with Gasteiger partial charge in [0.25, 0.3) is 5.91 Å². The first-order chi connectivity index (χ1) is 13.3. The van der Waals surface area contributed by atoms with Gasteiger partial charge in [-0.2, -0.15) is 5.10 Å². The molecule has 0 radical (unpaired) electrons. The van der Waals surface area contributed by atoms with Crippen LogP contribution in [-0.4, -0.2) is 44.3 Å². The van der Waals surface area contributed by atoms with Gasteiger partial charge in [-0.05, 0) is 86.6 Å². The smallest absolute Gasteiger partial charge is 0.274 e.